The van der Waals surface area contributed by atoms with Gasteiger partial charge in [0.1, 0.15) is 35.2 Å². The van der Waals surface area contributed by atoms with Crippen molar-refractivity contribution in [2.75, 3.05) is 0 Å². The van der Waals surface area contributed by atoms with Gasteiger partial charge in [0, 0.05) is 110 Å². The predicted octanol–water partition coefficient (Wildman–Crippen LogP) is 19.0. The fourth-order valence-corrected chi connectivity index (χ4v) is 10.8. The van der Waals surface area contributed by atoms with Crippen molar-refractivity contribution >= 4 is 0 Å². The quantitative estimate of drug-likeness (QED) is 0.122. The first kappa shape index (κ1) is 47.9. The zero-order chi connectivity index (χ0) is 79.3. The molecule has 10 aromatic rings. The summed E-state index contributed by atoms with van der Waals surface area (Å²) in [6, 6.07) is 53.6. The summed E-state index contributed by atoms with van der Waals surface area (Å²) < 4.78 is 142. The third-order valence-electron chi connectivity index (χ3n) is 16.0. The average molecular weight is 1190 g/mol. The third-order valence-corrected chi connectivity index (χ3v) is 16.0. The van der Waals surface area contributed by atoms with E-state index in [2.05, 4.69) is 75.0 Å². The van der Waals surface area contributed by atoms with Gasteiger partial charge in [0.15, 0.2) is 31.0 Å². The summed E-state index contributed by atoms with van der Waals surface area (Å²) in [6.45, 7) is 16.6. The highest BCUT2D eigenvalue weighted by atomic mass is 14.9. The molecule has 0 spiro atoms. The highest BCUT2D eigenvalue weighted by molar-refractivity contribution is 5.65. The summed E-state index contributed by atoms with van der Waals surface area (Å²) >= 11 is 0. The van der Waals surface area contributed by atoms with Crippen LogP contribution in [0.3, 0.4) is 0 Å². The molecule has 0 amide bonds. The van der Waals surface area contributed by atoms with Gasteiger partial charge < -0.3 is 0 Å². The minimum atomic E-state index is -2.37. The number of aromatic nitrogens is 5. The zero-order valence-electron chi connectivity index (χ0n) is 72.7. The van der Waals surface area contributed by atoms with Gasteiger partial charge in [-0.15, -0.1) is 0 Å². The van der Waals surface area contributed by atoms with E-state index >= 15 is 0 Å². The molecule has 0 aliphatic carbocycles. The second kappa shape index (κ2) is 31.7. The molecule has 0 aliphatic rings. The Balaban J connectivity index is 0.000000206. The molecular formula is C83H106N5+5. The minimum Gasteiger partial charge on any atom is -0.201 e. The van der Waals surface area contributed by atoms with E-state index in [0.29, 0.717) is 22.3 Å². The normalized spacial score (nSPS) is 16.6. The molecule has 5 heterocycles. The molecule has 3 unspecified atom stereocenters. The molecule has 0 radical (unpaired) electrons. The van der Waals surface area contributed by atoms with Crippen LogP contribution in [0.15, 0.2) is 195 Å². The van der Waals surface area contributed by atoms with Crippen molar-refractivity contribution in [2.24, 2.45) is 35.2 Å². The van der Waals surface area contributed by atoms with Gasteiger partial charge in [0.05, 0.1) is 0 Å². The summed E-state index contributed by atoms with van der Waals surface area (Å²) in [7, 11) is 9.58. The number of nitrogens with zero attached hydrogens (tertiary/aromatic N) is 5. The van der Waals surface area contributed by atoms with Crippen molar-refractivity contribution in [3.8, 4) is 56.3 Å². The monoisotopic (exact) mass is 1190 g/mol. The molecule has 10 rings (SSSR count). The summed E-state index contributed by atoms with van der Waals surface area (Å²) in [6.07, 6.45) is 9.05. The molecule has 0 saturated carbocycles. The Morgan fingerprint density at radius 1 is 0.284 bits per heavy atom. The van der Waals surface area contributed by atoms with Crippen LogP contribution in [0.4, 0.5) is 0 Å². The minimum absolute atomic E-state index is 0.243. The molecule has 5 aromatic heterocycles. The lowest BCUT2D eigenvalue weighted by atomic mass is 9.96. The van der Waals surface area contributed by atoms with E-state index in [0.717, 1.165) is 78.4 Å². The summed E-state index contributed by atoms with van der Waals surface area (Å²) in [5, 5.41) is 0. The molecular weight excluding hydrogens is 1070 g/mol. The van der Waals surface area contributed by atoms with Crippen molar-refractivity contribution in [3.05, 3.63) is 267 Å². The fourth-order valence-electron chi connectivity index (χ4n) is 10.8. The second-order valence-corrected chi connectivity index (χ2v) is 23.6. The van der Waals surface area contributed by atoms with Gasteiger partial charge in [0.2, 0.25) is 28.5 Å². The zero-order valence-corrected chi connectivity index (χ0v) is 55.7. The fraction of sp³-hybridized carbons (Fsp3) is 0.337. The van der Waals surface area contributed by atoms with Crippen LogP contribution in [0.25, 0.3) is 56.3 Å². The first-order valence-corrected chi connectivity index (χ1v) is 30.0. The second-order valence-electron chi connectivity index (χ2n) is 23.6. The van der Waals surface area contributed by atoms with E-state index in [1.807, 2.05) is 209 Å². The molecule has 0 N–H and O–H groups in total. The standard InChI is InChI=1S/3C17H22N.2C16H20N/c1-12(2)16-10-17(18(5)11-14(16)4)15-9-7-6-8-13(15)3;2*1-12(2)16-11-18(5)17(10-14(16)4)15-9-7-6-8-13(15)3;1-12(2)14-9-10-17(4)16(11-14)15-8-6-5-7-13(15)3;1-12(2)14-9-10-16(17(4)11-14)15-8-6-5-7-13(15)3/h3*6-12H,1-5H3;2*5-12H,1-4H3/q5*+1/i4D3,12D;1D3,12D;12D;2*1D3,12D. The first-order valence-electron chi connectivity index (χ1n) is 38.5. The van der Waals surface area contributed by atoms with Crippen LogP contribution in [0.1, 0.15) is 194 Å². The van der Waals surface area contributed by atoms with E-state index in [1.54, 1.807) is 44.6 Å². The van der Waals surface area contributed by atoms with Gasteiger partial charge in [-0.3, -0.25) is 0 Å². The average Bonchev–Trinajstić information content (AvgIpc) is 0.787. The van der Waals surface area contributed by atoms with Crippen molar-refractivity contribution in [3.63, 3.8) is 0 Å². The Hall–Kier alpha value is -8.15. The van der Waals surface area contributed by atoms with Crippen LogP contribution in [0.5, 0.6) is 0 Å². The third kappa shape index (κ3) is 17.8. The Morgan fingerprint density at radius 3 is 1.00 bits per heavy atom. The SMILES string of the molecule is [2H]C(C)(C)c1c[n+](C)c(-c2ccccc2C)cc1C.[2H]C([2H])([2H])C([2H])(C)c1c[n+](C)c(-c2ccccc2C)cc1C.[2H]C([2H])([2H])C([2H])(C)c1cc[n+](C)c(-c2ccccc2C)c1.[2H]C([2H])([2H])C([2H])(C)c1ccc(-c2ccccc2C)[n+](C)c1.[2H]C([2H])([2H])c1c[n+](C)c(-c2ccccc2C)cc1C([2H])(C)C. The molecule has 5 nitrogen and oxygen atoms in total. The van der Waals surface area contributed by atoms with Gasteiger partial charge in [-0.2, -0.15) is 0 Å². The van der Waals surface area contributed by atoms with Crippen LogP contribution in [-0.2, 0) is 35.2 Å². The van der Waals surface area contributed by atoms with Crippen molar-refractivity contribution in [1.29, 1.82) is 0 Å². The van der Waals surface area contributed by atoms with Gasteiger partial charge in [-0.1, -0.05) is 160 Å². The van der Waals surface area contributed by atoms with Crippen LogP contribution < -0.4 is 22.8 Å². The molecule has 458 valence electrons. The topological polar surface area (TPSA) is 19.4 Å². The Labute approximate surface area is 556 Å². The number of benzene rings is 5. The summed E-state index contributed by atoms with van der Waals surface area (Å²) in [4.78, 5) is 0. The van der Waals surface area contributed by atoms with E-state index in [9.17, 15) is 0 Å². The Bertz CT molecular complexity index is 4700. The highest BCUT2D eigenvalue weighted by Crippen LogP contribution is 2.29. The maximum Gasteiger partial charge on any atom is 0.212 e. The smallest absolute Gasteiger partial charge is 0.201 e. The number of hydrogen-bond acceptors (Lipinski definition) is 0. The van der Waals surface area contributed by atoms with E-state index < -0.39 is 56.9 Å². The highest BCUT2D eigenvalue weighted by Gasteiger charge is 2.21. The first-order chi connectivity index (χ1) is 48.2. The van der Waals surface area contributed by atoms with Crippen LogP contribution in [0, 0.1) is 55.3 Å². The Morgan fingerprint density at radius 2 is 0.625 bits per heavy atom. The summed E-state index contributed by atoms with van der Waals surface area (Å²) in [5.41, 5.74) is 21.8. The van der Waals surface area contributed by atoms with Gasteiger partial charge >= 0.3 is 0 Å². The molecule has 88 heavy (non-hydrogen) atoms. The number of hydrogen-bond donors (Lipinski definition) is 0. The van der Waals surface area contributed by atoms with Gasteiger partial charge in [0.25, 0.3) is 0 Å². The molecule has 5 aromatic carbocycles. The maximum atomic E-state index is 8.32. The van der Waals surface area contributed by atoms with E-state index in [4.69, 9.17) is 23.3 Å². The van der Waals surface area contributed by atoms with Crippen molar-refractivity contribution in [2.45, 2.75) is 154 Å². The lowest BCUT2D eigenvalue weighted by Crippen LogP contribution is -2.32. The van der Waals surface area contributed by atoms with E-state index in [-0.39, 0.29) is 5.56 Å². The predicted molar refractivity (Wildman–Crippen MR) is 374 cm³/mol. The largest absolute Gasteiger partial charge is 0.212 e. The number of aryl methyl sites for hydroxylation is 13. The van der Waals surface area contributed by atoms with E-state index in [1.165, 1.54) is 43.2 Å². The van der Waals surface area contributed by atoms with Gasteiger partial charge in [-0.25, -0.2) is 22.8 Å². The van der Waals surface area contributed by atoms with Crippen molar-refractivity contribution < 1.29 is 46.1 Å². The molecule has 5 heteroatoms. The van der Waals surface area contributed by atoms with Gasteiger partial charge in [-0.05, 0) is 171 Å². The van der Waals surface area contributed by atoms with Crippen LogP contribution >= 0.6 is 0 Å². The maximum absolute atomic E-state index is 8.32. The Kier molecular flexibility index (Phi) is 17.2. The molecule has 3 atom stereocenters. The molecule has 0 bridgehead atoms. The molecule has 0 saturated heterocycles. The van der Waals surface area contributed by atoms with Crippen molar-refractivity contribution in [1.82, 2.24) is 0 Å². The van der Waals surface area contributed by atoms with Crippen LogP contribution in [0.2, 0.25) is 0 Å². The molecule has 0 fully saturated rings. The number of pyridine rings is 5. The lowest BCUT2D eigenvalue weighted by Gasteiger charge is -2.11. The lowest BCUT2D eigenvalue weighted by molar-refractivity contribution is -0.661. The summed E-state index contributed by atoms with van der Waals surface area (Å²) in [5.74, 6) is -6.41. The number of rotatable bonds is 10. The van der Waals surface area contributed by atoms with Crippen LogP contribution in [-0.4, -0.2) is 0 Å². The molecule has 0 aliphatic heterocycles.